The van der Waals surface area contributed by atoms with Crippen LogP contribution in [0, 0.1) is 27.9 Å². The summed E-state index contributed by atoms with van der Waals surface area (Å²) in [5.41, 5.74) is 4.07. The first-order valence-corrected chi connectivity index (χ1v) is 13.3. The SMILES string of the molecule is CCC1=C2[C@@H](CC/C(C)=C/c3cccc(O)c3)OB(O)C[C@@H]2[C@@H]2C(=O)N(c3cccc([N+](=O)[O-])c3)C(=O)[C@@H]2C1. The highest BCUT2D eigenvalue weighted by atomic mass is 16.6. The van der Waals surface area contributed by atoms with Gasteiger partial charge in [0, 0.05) is 12.1 Å². The second kappa shape index (κ2) is 10.8. The van der Waals surface area contributed by atoms with Crippen LogP contribution >= 0.6 is 0 Å². The molecular weight excluding hydrogens is 499 g/mol. The second-order valence-electron chi connectivity index (χ2n) is 10.6. The van der Waals surface area contributed by atoms with Crippen LogP contribution in [0.1, 0.15) is 45.1 Å². The van der Waals surface area contributed by atoms with Crippen molar-refractivity contribution in [1.29, 1.82) is 0 Å². The normalized spacial score (nSPS) is 25.2. The lowest BCUT2D eigenvalue weighted by Gasteiger charge is -2.43. The summed E-state index contributed by atoms with van der Waals surface area (Å²) < 4.78 is 6.02. The van der Waals surface area contributed by atoms with Crippen molar-refractivity contribution >= 4 is 36.4 Å². The van der Waals surface area contributed by atoms with Gasteiger partial charge in [-0.15, -0.1) is 0 Å². The number of fused-ring (bicyclic) bond motifs is 3. The van der Waals surface area contributed by atoms with Gasteiger partial charge in [-0.05, 0) is 74.2 Å². The Kier molecular flexibility index (Phi) is 7.42. The van der Waals surface area contributed by atoms with Gasteiger partial charge in [0.25, 0.3) is 5.69 Å². The van der Waals surface area contributed by atoms with Gasteiger partial charge in [0.15, 0.2) is 0 Å². The number of hydrogen-bond acceptors (Lipinski definition) is 7. The van der Waals surface area contributed by atoms with Gasteiger partial charge in [-0.3, -0.25) is 19.7 Å². The number of anilines is 1. The Labute approximate surface area is 227 Å². The van der Waals surface area contributed by atoms with Crippen LogP contribution in [0.2, 0.25) is 6.32 Å². The number of carbonyl (C=O) groups is 2. The molecule has 2 aliphatic heterocycles. The molecule has 0 bridgehead atoms. The number of amides is 2. The number of nitro benzene ring substituents is 1. The predicted molar refractivity (Wildman–Crippen MR) is 147 cm³/mol. The quantitative estimate of drug-likeness (QED) is 0.171. The summed E-state index contributed by atoms with van der Waals surface area (Å²) in [5, 5.41) is 31.7. The van der Waals surface area contributed by atoms with Crippen LogP contribution < -0.4 is 4.90 Å². The number of phenolic OH excluding ortho intramolecular Hbond substituents is 1. The van der Waals surface area contributed by atoms with Gasteiger partial charge in [-0.25, -0.2) is 4.90 Å². The maximum Gasteiger partial charge on any atom is 0.455 e. The molecule has 0 unspecified atom stereocenters. The highest BCUT2D eigenvalue weighted by molar-refractivity contribution is 6.43. The van der Waals surface area contributed by atoms with E-state index in [1.807, 2.05) is 26.0 Å². The zero-order chi connectivity index (χ0) is 27.8. The van der Waals surface area contributed by atoms with Crippen molar-refractivity contribution in [2.45, 2.75) is 52.0 Å². The van der Waals surface area contributed by atoms with Gasteiger partial charge >= 0.3 is 7.12 Å². The summed E-state index contributed by atoms with van der Waals surface area (Å²) in [6.07, 6.45) is 4.23. The summed E-state index contributed by atoms with van der Waals surface area (Å²) in [7, 11) is -1.06. The summed E-state index contributed by atoms with van der Waals surface area (Å²) in [6.45, 7) is 4.03. The van der Waals surface area contributed by atoms with Crippen molar-refractivity contribution in [2.75, 3.05) is 4.90 Å². The minimum Gasteiger partial charge on any atom is -0.508 e. The first-order valence-electron chi connectivity index (χ1n) is 13.3. The molecule has 39 heavy (non-hydrogen) atoms. The molecule has 10 heteroatoms. The highest BCUT2D eigenvalue weighted by Crippen LogP contribution is 2.52. The Morgan fingerprint density at radius 3 is 2.67 bits per heavy atom. The first kappa shape index (κ1) is 26.8. The maximum absolute atomic E-state index is 13.8. The lowest BCUT2D eigenvalue weighted by atomic mass is 9.58. The molecule has 2 fully saturated rings. The van der Waals surface area contributed by atoms with E-state index in [-0.39, 0.29) is 41.2 Å². The largest absolute Gasteiger partial charge is 0.508 e. The average Bonchev–Trinajstić information content (AvgIpc) is 3.16. The molecule has 9 nitrogen and oxygen atoms in total. The molecular formula is C29H31BN2O7. The molecule has 3 aliphatic rings. The van der Waals surface area contributed by atoms with E-state index < -0.39 is 30.0 Å². The van der Waals surface area contributed by atoms with Crippen molar-refractivity contribution in [2.24, 2.45) is 17.8 Å². The Balaban J connectivity index is 1.42. The van der Waals surface area contributed by atoms with Gasteiger partial charge < -0.3 is 14.8 Å². The van der Waals surface area contributed by atoms with Crippen molar-refractivity contribution in [3.63, 3.8) is 0 Å². The van der Waals surface area contributed by atoms with Crippen molar-refractivity contribution in [1.82, 2.24) is 0 Å². The summed E-state index contributed by atoms with van der Waals surface area (Å²) in [6, 6.07) is 12.6. The van der Waals surface area contributed by atoms with E-state index in [4.69, 9.17) is 4.65 Å². The zero-order valence-corrected chi connectivity index (χ0v) is 21.9. The molecule has 0 saturated carbocycles. The number of phenols is 1. The fourth-order valence-electron chi connectivity index (χ4n) is 6.43. The van der Waals surface area contributed by atoms with Gasteiger partial charge in [0.1, 0.15) is 5.75 Å². The summed E-state index contributed by atoms with van der Waals surface area (Å²) in [5.74, 6) is -2.09. The molecule has 0 spiro atoms. The van der Waals surface area contributed by atoms with E-state index in [9.17, 15) is 29.8 Å². The second-order valence-corrected chi connectivity index (χ2v) is 10.6. The molecule has 1 aliphatic carbocycles. The lowest BCUT2D eigenvalue weighted by molar-refractivity contribution is -0.384. The number of benzene rings is 2. The van der Waals surface area contributed by atoms with Gasteiger partial charge in [0.05, 0.1) is 28.6 Å². The van der Waals surface area contributed by atoms with Gasteiger partial charge in [-0.1, -0.05) is 42.3 Å². The van der Waals surface area contributed by atoms with E-state index in [0.29, 0.717) is 25.7 Å². The van der Waals surface area contributed by atoms with E-state index in [2.05, 4.69) is 0 Å². The third-order valence-corrected chi connectivity index (χ3v) is 8.12. The molecule has 2 aromatic carbocycles. The Hall–Kier alpha value is -3.76. The molecule has 2 aromatic rings. The molecule has 2 saturated heterocycles. The Morgan fingerprint density at radius 1 is 1.18 bits per heavy atom. The monoisotopic (exact) mass is 530 g/mol. The predicted octanol–water partition coefficient (Wildman–Crippen LogP) is 4.90. The molecule has 0 radical (unpaired) electrons. The zero-order valence-electron chi connectivity index (χ0n) is 21.9. The fraction of sp³-hybridized carbons (Fsp3) is 0.379. The number of non-ortho nitro benzene ring substituents is 1. The van der Waals surface area contributed by atoms with Crippen molar-refractivity contribution < 1.29 is 29.3 Å². The van der Waals surface area contributed by atoms with Crippen molar-refractivity contribution in [3.05, 3.63) is 80.9 Å². The van der Waals surface area contributed by atoms with Gasteiger partial charge in [-0.2, -0.15) is 0 Å². The minimum absolute atomic E-state index is 0.188. The third-order valence-electron chi connectivity index (χ3n) is 8.12. The lowest BCUT2D eigenvalue weighted by Crippen LogP contribution is -2.46. The Morgan fingerprint density at radius 2 is 1.95 bits per heavy atom. The number of allylic oxidation sites excluding steroid dienone is 2. The number of hydrogen-bond donors (Lipinski definition) is 2. The topological polar surface area (TPSA) is 130 Å². The summed E-state index contributed by atoms with van der Waals surface area (Å²) >= 11 is 0. The van der Waals surface area contributed by atoms with E-state index in [1.165, 1.54) is 18.2 Å². The Bertz CT molecular complexity index is 1390. The molecule has 2 heterocycles. The third kappa shape index (κ3) is 5.14. The highest BCUT2D eigenvalue weighted by Gasteiger charge is 2.57. The maximum atomic E-state index is 13.8. The fourth-order valence-corrected chi connectivity index (χ4v) is 6.43. The molecule has 2 amide bonds. The molecule has 0 aromatic heterocycles. The molecule has 2 N–H and O–H groups in total. The van der Waals surface area contributed by atoms with E-state index >= 15 is 0 Å². The van der Waals surface area contributed by atoms with Crippen LogP contribution in [-0.2, 0) is 14.2 Å². The number of nitro groups is 1. The minimum atomic E-state index is -1.06. The van der Waals surface area contributed by atoms with Crippen LogP contribution in [0.4, 0.5) is 11.4 Å². The molecule has 4 atom stereocenters. The molecule has 202 valence electrons. The van der Waals surface area contributed by atoms with Crippen LogP contribution in [0.25, 0.3) is 6.08 Å². The standard InChI is InChI=1S/C29H31BN2O7/c1-3-19-14-23-27(29(35)31(28(23)34)20-7-5-8-21(15-20)32(37)38)24-16-30(36)39-25(26(19)24)11-10-17(2)12-18-6-4-9-22(33)13-18/h4-9,12-13,15,23-25,27,33,36H,3,10-11,14,16H2,1-2H3/b17-12+/t23-,24+,25-,27-/m1/s1. The van der Waals surface area contributed by atoms with Crippen LogP contribution in [0.5, 0.6) is 5.75 Å². The van der Waals surface area contributed by atoms with Crippen LogP contribution in [0.3, 0.4) is 0 Å². The van der Waals surface area contributed by atoms with E-state index in [1.54, 1.807) is 24.3 Å². The average molecular weight is 530 g/mol. The van der Waals surface area contributed by atoms with Crippen molar-refractivity contribution in [3.8, 4) is 5.75 Å². The smallest absolute Gasteiger partial charge is 0.455 e. The molecule has 5 rings (SSSR count). The van der Waals surface area contributed by atoms with Crippen LogP contribution in [-0.4, -0.2) is 40.1 Å². The van der Waals surface area contributed by atoms with E-state index in [0.717, 1.165) is 27.2 Å². The van der Waals surface area contributed by atoms with Gasteiger partial charge in [0.2, 0.25) is 11.8 Å². The number of carbonyl (C=O) groups excluding carboxylic acids is 2. The number of nitrogens with zero attached hydrogens (tertiary/aromatic N) is 2. The number of rotatable bonds is 7. The number of aromatic hydroxyl groups is 1. The summed E-state index contributed by atoms with van der Waals surface area (Å²) in [4.78, 5) is 39.1. The van der Waals surface area contributed by atoms with Crippen LogP contribution in [0.15, 0.2) is 65.3 Å². The first-order chi connectivity index (χ1) is 18.7. The number of imide groups is 1.